The topological polar surface area (TPSA) is 75.6 Å². The van der Waals surface area contributed by atoms with Gasteiger partial charge in [-0.25, -0.2) is 0 Å². The summed E-state index contributed by atoms with van der Waals surface area (Å²) in [4.78, 5) is 25.4. The lowest BCUT2D eigenvalue weighted by Gasteiger charge is -2.22. The maximum atomic E-state index is 13.0. The molecule has 0 unspecified atom stereocenters. The summed E-state index contributed by atoms with van der Waals surface area (Å²) in [6.45, 7) is 7.86. The number of carbonyl (C=O) groups excluding carboxylic acids is 1. The minimum Gasteiger partial charge on any atom is -0.480 e. The zero-order chi connectivity index (χ0) is 28.6. The second-order valence-corrected chi connectivity index (χ2v) is 12.1. The number of carboxylic acid groups (broad SMARTS) is 1. The normalized spacial score (nSPS) is 12.0. The minimum absolute atomic E-state index is 0.318. The van der Waals surface area contributed by atoms with E-state index in [-0.39, 0.29) is 0 Å². The highest BCUT2D eigenvalue weighted by Gasteiger charge is 2.25. The van der Waals surface area contributed by atoms with Crippen molar-refractivity contribution in [3.63, 3.8) is 0 Å². The molecule has 1 aromatic heterocycles. The number of thiophene rings is 1. The molecular formula is C33H30BrNO4S. The maximum Gasteiger partial charge on any atom is 0.322 e. The molecule has 0 spiro atoms. The largest absolute Gasteiger partial charge is 0.480 e. The quantitative estimate of drug-likeness (QED) is 0.186. The van der Waals surface area contributed by atoms with Crippen molar-refractivity contribution < 1.29 is 19.4 Å². The van der Waals surface area contributed by atoms with Gasteiger partial charge in [-0.15, -0.1) is 11.3 Å². The van der Waals surface area contributed by atoms with E-state index in [2.05, 4.69) is 71.5 Å². The van der Waals surface area contributed by atoms with Crippen molar-refractivity contribution in [2.75, 3.05) is 6.54 Å². The lowest BCUT2D eigenvalue weighted by molar-refractivity contribution is -0.139. The number of ether oxygens (including phenoxy) is 1. The third kappa shape index (κ3) is 5.36. The highest BCUT2D eigenvalue weighted by atomic mass is 79.9. The van der Waals surface area contributed by atoms with Gasteiger partial charge in [0.05, 0.1) is 4.70 Å². The van der Waals surface area contributed by atoms with Gasteiger partial charge in [-0.2, -0.15) is 0 Å². The molecule has 1 heterocycles. The van der Waals surface area contributed by atoms with Crippen LogP contribution in [0.4, 0.5) is 0 Å². The molecule has 0 aliphatic rings. The van der Waals surface area contributed by atoms with Crippen molar-refractivity contribution >= 4 is 60.0 Å². The minimum atomic E-state index is -1.10. The lowest BCUT2D eigenvalue weighted by atomic mass is 9.91. The molecule has 5 nitrogen and oxygen atoms in total. The predicted molar refractivity (Wildman–Crippen MR) is 167 cm³/mol. The number of carbonyl (C=O) groups is 2. The third-order valence-electron chi connectivity index (χ3n) is 7.25. The van der Waals surface area contributed by atoms with Gasteiger partial charge in [0.15, 0.2) is 6.10 Å². The molecule has 40 heavy (non-hydrogen) atoms. The van der Waals surface area contributed by atoms with Crippen molar-refractivity contribution in [2.24, 2.45) is 0 Å². The van der Waals surface area contributed by atoms with E-state index in [9.17, 15) is 9.59 Å². The van der Waals surface area contributed by atoms with E-state index >= 15 is 0 Å². The summed E-state index contributed by atoms with van der Waals surface area (Å²) in [5.41, 5.74) is 6.29. The van der Waals surface area contributed by atoms with Gasteiger partial charge >= 0.3 is 5.97 Å². The molecule has 0 aliphatic carbocycles. The average Bonchev–Trinajstić information content (AvgIpc) is 3.23. The fourth-order valence-electron chi connectivity index (χ4n) is 5.25. The number of hydrogen-bond acceptors (Lipinski definition) is 4. The second-order valence-electron chi connectivity index (χ2n) is 10.1. The molecule has 2 N–H and O–H groups in total. The van der Waals surface area contributed by atoms with Crippen LogP contribution < -0.4 is 10.1 Å². The summed E-state index contributed by atoms with van der Waals surface area (Å²) in [5.74, 6) is -0.930. The first kappa shape index (κ1) is 27.9. The van der Waals surface area contributed by atoms with Crippen LogP contribution in [-0.4, -0.2) is 29.6 Å². The van der Waals surface area contributed by atoms with Crippen LogP contribution in [0, 0.1) is 27.7 Å². The van der Waals surface area contributed by atoms with Crippen LogP contribution in [0.3, 0.4) is 0 Å². The average molecular weight is 617 g/mol. The first-order valence-electron chi connectivity index (χ1n) is 13.1. The molecule has 0 radical (unpaired) electrons. The smallest absolute Gasteiger partial charge is 0.322 e. The van der Waals surface area contributed by atoms with Gasteiger partial charge in [0.25, 0.3) is 5.91 Å². The zero-order valence-corrected chi connectivity index (χ0v) is 25.2. The number of aliphatic carboxylic acids is 1. The molecule has 0 aliphatic heterocycles. The number of fused-ring (bicyclic) bond motifs is 2. The fraction of sp³-hybridized carbons (Fsp3) is 0.212. The van der Waals surface area contributed by atoms with Gasteiger partial charge in [-0.1, -0.05) is 54.6 Å². The van der Waals surface area contributed by atoms with Crippen LogP contribution >= 0.6 is 27.3 Å². The molecule has 0 bridgehead atoms. The SMILES string of the molecule is Cc1cc(-c2c3ccccc3c(Br)c3sc(C)c(C)c23)cc(C)c1O[C@H](Cc1ccccc1)C(=O)NCC(=O)O. The van der Waals surface area contributed by atoms with E-state index in [1.165, 1.54) is 36.9 Å². The van der Waals surface area contributed by atoms with Crippen molar-refractivity contribution in [1.29, 1.82) is 0 Å². The zero-order valence-electron chi connectivity index (χ0n) is 22.8. The van der Waals surface area contributed by atoms with Crippen LogP contribution in [0.25, 0.3) is 32.0 Å². The van der Waals surface area contributed by atoms with Gasteiger partial charge in [0, 0.05) is 21.2 Å². The van der Waals surface area contributed by atoms with Gasteiger partial charge in [0.2, 0.25) is 0 Å². The van der Waals surface area contributed by atoms with Crippen LogP contribution in [-0.2, 0) is 16.0 Å². The molecule has 0 fully saturated rings. The van der Waals surface area contributed by atoms with Crippen molar-refractivity contribution in [3.05, 3.63) is 98.3 Å². The number of halogens is 1. The Labute approximate surface area is 245 Å². The summed E-state index contributed by atoms with van der Waals surface area (Å²) < 4.78 is 8.73. The van der Waals surface area contributed by atoms with Gasteiger partial charge in [-0.3, -0.25) is 9.59 Å². The molecule has 204 valence electrons. The standard InChI is InChI=1S/C33H30BrNO4S/c1-18-14-23(29-24-12-8-9-13-25(24)30(34)32-28(29)20(3)21(4)40-32)15-19(2)31(18)39-26(33(38)35-17-27(36)37)16-22-10-6-5-7-11-22/h5-15,26H,16-17H2,1-4H3,(H,35,38)(H,36,37)/t26-/m1/s1. The van der Waals surface area contributed by atoms with E-state index in [0.29, 0.717) is 12.2 Å². The lowest BCUT2D eigenvalue weighted by Crippen LogP contribution is -2.42. The molecule has 5 aromatic rings. The summed E-state index contributed by atoms with van der Waals surface area (Å²) in [6, 6.07) is 22.3. The van der Waals surface area contributed by atoms with E-state index in [0.717, 1.165) is 26.7 Å². The fourth-order valence-corrected chi connectivity index (χ4v) is 7.15. The Morgan fingerprint density at radius 2 is 1.57 bits per heavy atom. The Morgan fingerprint density at radius 3 is 2.23 bits per heavy atom. The molecule has 4 aromatic carbocycles. The van der Waals surface area contributed by atoms with Gasteiger partial charge in [-0.05, 0) is 99.9 Å². The Hall–Kier alpha value is -3.68. The third-order valence-corrected chi connectivity index (χ3v) is 9.56. The maximum absolute atomic E-state index is 13.0. The number of benzene rings is 4. The molecule has 1 atom stereocenters. The Morgan fingerprint density at radius 1 is 0.950 bits per heavy atom. The molecule has 1 amide bonds. The molecule has 5 rings (SSSR count). The first-order valence-corrected chi connectivity index (χ1v) is 14.7. The van der Waals surface area contributed by atoms with Crippen LogP contribution in [0.1, 0.15) is 27.1 Å². The predicted octanol–water partition coefficient (Wildman–Crippen LogP) is 7.91. The number of rotatable bonds is 8. The number of nitrogens with one attached hydrogen (secondary N) is 1. The highest BCUT2D eigenvalue weighted by molar-refractivity contribution is 9.11. The summed E-state index contributed by atoms with van der Waals surface area (Å²) in [5, 5.41) is 15.2. The van der Waals surface area contributed by atoms with Gasteiger partial charge in [0.1, 0.15) is 12.3 Å². The second kappa shape index (κ2) is 11.4. The molecule has 0 saturated carbocycles. The Bertz CT molecular complexity index is 1740. The summed E-state index contributed by atoms with van der Waals surface area (Å²) in [6.07, 6.45) is -0.565. The van der Waals surface area contributed by atoms with Crippen molar-refractivity contribution in [1.82, 2.24) is 5.32 Å². The number of aryl methyl sites for hydroxylation is 4. The van der Waals surface area contributed by atoms with E-state index < -0.39 is 24.5 Å². The summed E-state index contributed by atoms with van der Waals surface area (Å²) in [7, 11) is 0. The Kier molecular flexibility index (Phi) is 7.97. The first-order chi connectivity index (χ1) is 19.2. The van der Waals surface area contributed by atoms with E-state index in [1.807, 2.05) is 44.2 Å². The molecule has 0 saturated heterocycles. The van der Waals surface area contributed by atoms with Crippen molar-refractivity contribution in [2.45, 2.75) is 40.2 Å². The van der Waals surface area contributed by atoms with Crippen LogP contribution in [0.15, 0.2) is 71.2 Å². The molecular weight excluding hydrogens is 586 g/mol. The number of carboxylic acids is 1. The van der Waals surface area contributed by atoms with E-state index in [4.69, 9.17) is 9.84 Å². The Balaban J connectivity index is 1.60. The van der Waals surface area contributed by atoms with Crippen LogP contribution in [0.5, 0.6) is 5.75 Å². The van der Waals surface area contributed by atoms with Crippen molar-refractivity contribution in [3.8, 4) is 16.9 Å². The number of hydrogen-bond donors (Lipinski definition) is 2. The monoisotopic (exact) mass is 615 g/mol. The van der Waals surface area contributed by atoms with Gasteiger partial charge < -0.3 is 15.2 Å². The summed E-state index contributed by atoms with van der Waals surface area (Å²) >= 11 is 5.68. The van der Waals surface area contributed by atoms with E-state index in [1.54, 1.807) is 11.3 Å². The van der Waals surface area contributed by atoms with Crippen LogP contribution in [0.2, 0.25) is 0 Å². The molecule has 7 heteroatoms. The number of amides is 1. The highest BCUT2D eigenvalue weighted by Crippen LogP contribution is 2.47.